The summed E-state index contributed by atoms with van der Waals surface area (Å²) in [6.45, 7) is 1.24. The molecule has 0 spiro atoms. The number of hydrogen-bond acceptors (Lipinski definition) is 3. The predicted molar refractivity (Wildman–Crippen MR) is 66.9 cm³/mol. The van der Waals surface area contributed by atoms with Crippen LogP contribution in [0.1, 0.15) is 12.0 Å². The van der Waals surface area contributed by atoms with Gasteiger partial charge in [-0.2, -0.15) is 13.2 Å². The number of amides is 1. The van der Waals surface area contributed by atoms with Gasteiger partial charge in [0.1, 0.15) is 11.8 Å². The minimum Gasteiger partial charge on any atom is -0.484 e. The Morgan fingerprint density at radius 1 is 1.38 bits per heavy atom. The Bertz CT molecular complexity index is 516. The van der Waals surface area contributed by atoms with Crippen molar-refractivity contribution < 1.29 is 32.6 Å². The molecule has 1 aromatic carbocycles. The lowest BCUT2D eigenvalue weighted by atomic mass is 10.2. The van der Waals surface area contributed by atoms with E-state index in [1.54, 1.807) is 36.5 Å². The van der Waals surface area contributed by atoms with Gasteiger partial charge in [-0.25, -0.2) is 4.79 Å². The quantitative estimate of drug-likeness (QED) is 0.841. The van der Waals surface area contributed by atoms with Crippen LogP contribution in [0.15, 0.2) is 24.3 Å². The first-order valence-corrected chi connectivity index (χ1v) is 5.96. The topological polar surface area (TPSA) is 75.6 Å². The number of alkyl halides is 3. The highest BCUT2D eigenvalue weighted by Gasteiger charge is 2.36. The molecule has 1 atom stereocenters. The predicted octanol–water partition coefficient (Wildman–Crippen LogP) is 1.90. The van der Waals surface area contributed by atoms with E-state index in [0.29, 0.717) is 5.75 Å². The van der Waals surface area contributed by atoms with Crippen molar-refractivity contribution in [3.8, 4) is 5.75 Å². The number of carbonyl (C=O) groups is 2. The molecular weight excluding hydrogens is 291 g/mol. The zero-order chi connectivity index (χ0) is 16.0. The summed E-state index contributed by atoms with van der Waals surface area (Å²) in [6.07, 6.45) is -6.33. The minimum atomic E-state index is -4.69. The Kier molecular flexibility index (Phi) is 5.57. The van der Waals surface area contributed by atoms with Gasteiger partial charge in [-0.05, 0) is 24.6 Å². The van der Waals surface area contributed by atoms with E-state index in [9.17, 15) is 22.8 Å². The molecule has 0 saturated carbocycles. The van der Waals surface area contributed by atoms with Gasteiger partial charge >= 0.3 is 12.1 Å². The van der Waals surface area contributed by atoms with Gasteiger partial charge in [0, 0.05) is 0 Å². The molecule has 0 aromatic heterocycles. The maximum Gasteiger partial charge on any atom is 0.391 e. The Balaban J connectivity index is 2.53. The zero-order valence-corrected chi connectivity index (χ0v) is 11.1. The van der Waals surface area contributed by atoms with Crippen LogP contribution in [0.5, 0.6) is 5.75 Å². The number of ether oxygens (including phenoxy) is 1. The molecule has 1 unspecified atom stereocenters. The number of aryl methyl sites for hydroxylation is 1. The largest absolute Gasteiger partial charge is 0.484 e. The lowest BCUT2D eigenvalue weighted by Crippen LogP contribution is -2.45. The minimum absolute atomic E-state index is 0.368. The summed E-state index contributed by atoms with van der Waals surface area (Å²) >= 11 is 0. The summed E-state index contributed by atoms with van der Waals surface area (Å²) in [5.41, 5.74) is 0.883. The molecule has 0 heterocycles. The van der Waals surface area contributed by atoms with Crippen molar-refractivity contribution in [2.45, 2.75) is 25.6 Å². The highest BCUT2D eigenvalue weighted by Crippen LogP contribution is 2.21. The van der Waals surface area contributed by atoms with Crippen molar-refractivity contribution >= 4 is 11.9 Å². The van der Waals surface area contributed by atoms with Crippen LogP contribution in [0.3, 0.4) is 0 Å². The van der Waals surface area contributed by atoms with Crippen molar-refractivity contribution in [3.05, 3.63) is 29.8 Å². The third-order valence-corrected chi connectivity index (χ3v) is 2.43. The first kappa shape index (κ1) is 16.8. The second-order valence-electron chi connectivity index (χ2n) is 4.38. The fraction of sp³-hybridized carbons (Fsp3) is 0.385. The molecule has 5 nitrogen and oxygen atoms in total. The van der Waals surface area contributed by atoms with Gasteiger partial charge in [0.15, 0.2) is 6.61 Å². The monoisotopic (exact) mass is 305 g/mol. The third-order valence-electron chi connectivity index (χ3n) is 2.43. The van der Waals surface area contributed by atoms with E-state index in [1.807, 2.05) is 0 Å². The molecule has 0 saturated heterocycles. The number of rotatable bonds is 6. The molecule has 0 radical (unpaired) electrons. The van der Waals surface area contributed by atoms with Crippen LogP contribution in [0.25, 0.3) is 0 Å². The van der Waals surface area contributed by atoms with E-state index in [1.165, 1.54) is 0 Å². The average molecular weight is 305 g/mol. The Morgan fingerprint density at radius 2 is 2.05 bits per heavy atom. The summed E-state index contributed by atoms with van der Waals surface area (Å²) < 4.78 is 41.6. The Labute approximate surface area is 118 Å². The first-order chi connectivity index (χ1) is 9.67. The number of carboxylic acids is 1. The summed E-state index contributed by atoms with van der Waals surface area (Å²) in [5, 5.41) is 10.4. The number of hydrogen-bond donors (Lipinski definition) is 2. The Hall–Kier alpha value is -2.25. The molecular formula is C13H14F3NO4. The van der Waals surface area contributed by atoms with Gasteiger partial charge < -0.3 is 15.2 Å². The summed E-state index contributed by atoms with van der Waals surface area (Å²) in [7, 11) is 0. The molecule has 1 aromatic rings. The number of carbonyl (C=O) groups excluding carboxylic acids is 1. The highest BCUT2D eigenvalue weighted by atomic mass is 19.4. The molecule has 2 N–H and O–H groups in total. The summed E-state index contributed by atoms with van der Waals surface area (Å²) in [5.74, 6) is -2.32. The van der Waals surface area contributed by atoms with Crippen LogP contribution in [0.4, 0.5) is 13.2 Å². The molecule has 1 rings (SSSR count). The van der Waals surface area contributed by atoms with Crippen molar-refractivity contribution in [2.24, 2.45) is 0 Å². The molecule has 0 fully saturated rings. The normalized spacial score (nSPS) is 12.6. The van der Waals surface area contributed by atoms with Crippen LogP contribution >= 0.6 is 0 Å². The van der Waals surface area contributed by atoms with Gasteiger partial charge in [0.05, 0.1) is 6.42 Å². The van der Waals surface area contributed by atoms with Gasteiger partial charge in [0.25, 0.3) is 5.91 Å². The van der Waals surface area contributed by atoms with Crippen LogP contribution in [0, 0.1) is 6.92 Å². The fourth-order valence-corrected chi connectivity index (χ4v) is 1.52. The van der Waals surface area contributed by atoms with Crippen molar-refractivity contribution in [2.75, 3.05) is 6.61 Å². The lowest BCUT2D eigenvalue weighted by molar-refractivity contribution is -0.160. The zero-order valence-electron chi connectivity index (χ0n) is 11.1. The SMILES string of the molecule is Cc1cccc(OCC(=O)NC(CC(F)(F)F)C(=O)O)c1. The van der Waals surface area contributed by atoms with E-state index in [0.717, 1.165) is 5.56 Å². The van der Waals surface area contributed by atoms with E-state index < -0.39 is 37.1 Å². The maximum atomic E-state index is 12.2. The number of halogens is 3. The molecule has 0 aliphatic carbocycles. The second-order valence-corrected chi connectivity index (χ2v) is 4.38. The number of nitrogens with one attached hydrogen (secondary N) is 1. The van der Waals surface area contributed by atoms with E-state index >= 15 is 0 Å². The lowest BCUT2D eigenvalue weighted by Gasteiger charge is -2.16. The van der Waals surface area contributed by atoms with Gasteiger partial charge in [-0.3, -0.25) is 4.79 Å². The number of benzene rings is 1. The Morgan fingerprint density at radius 3 is 2.57 bits per heavy atom. The van der Waals surface area contributed by atoms with Gasteiger partial charge in [-0.1, -0.05) is 12.1 Å². The summed E-state index contributed by atoms with van der Waals surface area (Å²) in [4.78, 5) is 22.1. The van der Waals surface area contributed by atoms with Crippen molar-refractivity contribution in [3.63, 3.8) is 0 Å². The molecule has 116 valence electrons. The molecule has 1 amide bonds. The van der Waals surface area contributed by atoms with E-state index in [4.69, 9.17) is 9.84 Å². The maximum absolute atomic E-state index is 12.2. The second kappa shape index (κ2) is 6.96. The van der Waals surface area contributed by atoms with Crippen molar-refractivity contribution in [1.29, 1.82) is 0 Å². The third kappa shape index (κ3) is 6.64. The van der Waals surface area contributed by atoms with Crippen LogP contribution in [0.2, 0.25) is 0 Å². The van der Waals surface area contributed by atoms with Crippen LogP contribution in [-0.4, -0.2) is 35.8 Å². The molecule has 8 heteroatoms. The first-order valence-electron chi connectivity index (χ1n) is 5.96. The van der Waals surface area contributed by atoms with E-state index in [-0.39, 0.29) is 0 Å². The summed E-state index contributed by atoms with van der Waals surface area (Å²) in [6, 6.07) is 4.67. The van der Waals surface area contributed by atoms with Gasteiger partial charge in [0.2, 0.25) is 0 Å². The molecule has 21 heavy (non-hydrogen) atoms. The highest BCUT2D eigenvalue weighted by molar-refractivity contribution is 5.84. The van der Waals surface area contributed by atoms with E-state index in [2.05, 4.69) is 0 Å². The molecule has 0 bridgehead atoms. The van der Waals surface area contributed by atoms with Crippen LogP contribution in [-0.2, 0) is 9.59 Å². The average Bonchev–Trinajstić information content (AvgIpc) is 2.34. The standard InChI is InChI=1S/C13H14F3NO4/c1-8-3-2-4-9(5-8)21-7-11(18)17-10(12(19)20)6-13(14,15)16/h2-5,10H,6-7H2,1H3,(H,17,18)(H,19,20). The fourth-order valence-electron chi connectivity index (χ4n) is 1.52. The smallest absolute Gasteiger partial charge is 0.391 e. The van der Waals surface area contributed by atoms with Crippen molar-refractivity contribution in [1.82, 2.24) is 5.32 Å². The van der Waals surface area contributed by atoms with Gasteiger partial charge in [-0.15, -0.1) is 0 Å². The number of carboxylic acid groups (broad SMARTS) is 1. The number of aliphatic carboxylic acids is 1. The van der Waals surface area contributed by atoms with Crippen LogP contribution < -0.4 is 10.1 Å². The molecule has 0 aliphatic rings. The molecule has 0 aliphatic heterocycles.